The summed E-state index contributed by atoms with van der Waals surface area (Å²) in [6.45, 7) is -0.500. The summed E-state index contributed by atoms with van der Waals surface area (Å²) in [5.41, 5.74) is -1.66. The van der Waals surface area contributed by atoms with E-state index < -0.39 is 29.9 Å². The minimum atomic E-state index is -4.60. The Morgan fingerprint density at radius 2 is 2.00 bits per heavy atom. The predicted molar refractivity (Wildman–Crippen MR) is 52.4 cm³/mol. The number of aromatic carboxylic acids is 1. The number of carboxylic acids is 1. The predicted octanol–water partition coefficient (Wildman–Crippen LogP) is 1.75. The van der Waals surface area contributed by atoms with E-state index in [1.54, 1.807) is 0 Å². The van der Waals surface area contributed by atoms with Crippen LogP contribution in [0.2, 0.25) is 0 Å². The summed E-state index contributed by atoms with van der Waals surface area (Å²) in [6, 6.07) is 2.23. The number of carbonyl (C=O) groups is 1. The van der Waals surface area contributed by atoms with Gasteiger partial charge >= 0.3 is 12.1 Å². The van der Waals surface area contributed by atoms with E-state index in [0.29, 0.717) is 6.07 Å². The van der Waals surface area contributed by atoms with Gasteiger partial charge in [-0.3, -0.25) is 0 Å². The van der Waals surface area contributed by atoms with Gasteiger partial charge in [0.1, 0.15) is 6.61 Å². The van der Waals surface area contributed by atoms with Crippen molar-refractivity contribution in [2.24, 2.45) is 0 Å². The third-order valence-corrected chi connectivity index (χ3v) is 1.88. The van der Waals surface area contributed by atoms with Crippen LogP contribution in [0.1, 0.15) is 21.5 Å². The molecule has 0 heterocycles. The summed E-state index contributed by atoms with van der Waals surface area (Å²) in [7, 11) is 0. The zero-order valence-electron chi connectivity index (χ0n) is 8.38. The molecule has 0 saturated carbocycles. The minimum Gasteiger partial charge on any atom is -0.478 e. The van der Waals surface area contributed by atoms with Gasteiger partial charge in [-0.2, -0.15) is 13.2 Å². The molecule has 0 aliphatic heterocycles. The zero-order chi connectivity index (χ0) is 13.1. The molecule has 17 heavy (non-hydrogen) atoms. The molecule has 0 unspecified atom stereocenters. The fourth-order valence-electron chi connectivity index (χ4n) is 1.14. The number of halogens is 3. The Morgan fingerprint density at radius 3 is 2.47 bits per heavy atom. The van der Waals surface area contributed by atoms with Gasteiger partial charge in [-0.05, 0) is 18.2 Å². The van der Waals surface area contributed by atoms with E-state index in [2.05, 4.69) is 11.8 Å². The van der Waals surface area contributed by atoms with Gasteiger partial charge in [0.2, 0.25) is 0 Å². The molecule has 0 aliphatic rings. The van der Waals surface area contributed by atoms with E-state index in [9.17, 15) is 18.0 Å². The van der Waals surface area contributed by atoms with E-state index >= 15 is 0 Å². The Kier molecular flexibility index (Phi) is 3.76. The van der Waals surface area contributed by atoms with E-state index in [1.807, 2.05) is 0 Å². The number of hydrogen-bond donors (Lipinski definition) is 2. The fourth-order valence-corrected chi connectivity index (χ4v) is 1.14. The molecular formula is C11H7F3O3. The van der Waals surface area contributed by atoms with Crippen LogP contribution in [-0.4, -0.2) is 22.8 Å². The number of rotatable bonds is 1. The van der Waals surface area contributed by atoms with Crippen LogP contribution in [-0.2, 0) is 6.18 Å². The van der Waals surface area contributed by atoms with Crippen molar-refractivity contribution in [3.63, 3.8) is 0 Å². The molecule has 1 aromatic carbocycles. The first kappa shape index (κ1) is 13.1. The molecule has 1 aromatic rings. The summed E-state index contributed by atoms with van der Waals surface area (Å²) in [5.74, 6) is 2.95. The molecule has 0 fully saturated rings. The number of hydrogen-bond acceptors (Lipinski definition) is 2. The average molecular weight is 244 g/mol. The smallest absolute Gasteiger partial charge is 0.416 e. The molecule has 2 N–H and O–H groups in total. The topological polar surface area (TPSA) is 57.5 Å². The molecule has 0 radical (unpaired) electrons. The van der Waals surface area contributed by atoms with Crippen LogP contribution in [0.4, 0.5) is 13.2 Å². The Labute approximate surface area is 94.5 Å². The normalized spacial score (nSPS) is 10.6. The number of carboxylic acid groups (broad SMARTS) is 1. The molecule has 0 spiro atoms. The first-order chi connectivity index (χ1) is 7.86. The SMILES string of the molecule is O=C(O)c1cc(C(F)(F)F)ccc1C#CCO. The molecular weight excluding hydrogens is 237 g/mol. The van der Waals surface area contributed by atoms with Crippen molar-refractivity contribution in [3.05, 3.63) is 34.9 Å². The molecule has 0 bridgehead atoms. The highest BCUT2D eigenvalue weighted by atomic mass is 19.4. The maximum Gasteiger partial charge on any atom is 0.416 e. The van der Waals surface area contributed by atoms with Gasteiger partial charge in [-0.25, -0.2) is 4.79 Å². The molecule has 0 atom stereocenters. The Bertz CT molecular complexity index is 495. The second kappa shape index (κ2) is 4.89. The minimum absolute atomic E-state index is 0.0699. The lowest BCUT2D eigenvalue weighted by molar-refractivity contribution is -0.137. The monoisotopic (exact) mass is 244 g/mol. The number of aliphatic hydroxyl groups is 1. The zero-order valence-corrected chi connectivity index (χ0v) is 8.38. The highest BCUT2D eigenvalue weighted by molar-refractivity contribution is 5.91. The maximum absolute atomic E-state index is 12.3. The molecule has 6 heteroatoms. The second-order valence-electron chi connectivity index (χ2n) is 3.02. The number of alkyl halides is 3. The van der Waals surface area contributed by atoms with Crippen molar-refractivity contribution in [2.75, 3.05) is 6.61 Å². The van der Waals surface area contributed by atoms with Crippen LogP contribution in [0, 0.1) is 11.8 Å². The third-order valence-electron chi connectivity index (χ3n) is 1.88. The standard InChI is InChI=1S/C11H7F3O3/c12-11(13,14)8-4-3-7(2-1-5-15)9(6-8)10(16)17/h3-4,6,15H,5H2,(H,16,17). The largest absolute Gasteiger partial charge is 0.478 e. The van der Waals surface area contributed by atoms with Crippen LogP contribution >= 0.6 is 0 Å². The average Bonchev–Trinajstić information content (AvgIpc) is 2.24. The van der Waals surface area contributed by atoms with Crippen molar-refractivity contribution in [3.8, 4) is 11.8 Å². The lowest BCUT2D eigenvalue weighted by Crippen LogP contribution is -2.08. The summed E-state index contributed by atoms with van der Waals surface area (Å²) in [5, 5.41) is 17.2. The Hall–Kier alpha value is -2.00. The molecule has 3 nitrogen and oxygen atoms in total. The first-order valence-corrected chi connectivity index (χ1v) is 4.40. The van der Waals surface area contributed by atoms with Crippen LogP contribution in [0.15, 0.2) is 18.2 Å². The Balaban J connectivity index is 3.32. The fraction of sp³-hybridized carbons (Fsp3) is 0.182. The van der Waals surface area contributed by atoms with Crippen molar-refractivity contribution >= 4 is 5.97 Å². The van der Waals surface area contributed by atoms with Gasteiger partial charge in [-0.1, -0.05) is 11.8 Å². The van der Waals surface area contributed by atoms with E-state index in [0.717, 1.165) is 12.1 Å². The summed E-state index contributed by atoms with van der Waals surface area (Å²) < 4.78 is 37.0. The van der Waals surface area contributed by atoms with E-state index in [-0.39, 0.29) is 5.56 Å². The van der Waals surface area contributed by atoms with Crippen LogP contribution in [0.25, 0.3) is 0 Å². The first-order valence-electron chi connectivity index (χ1n) is 4.40. The maximum atomic E-state index is 12.3. The van der Waals surface area contributed by atoms with Crippen molar-refractivity contribution in [2.45, 2.75) is 6.18 Å². The van der Waals surface area contributed by atoms with Gasteiger partial charge in [0.15, 0.2) is 0 Å². The van der Waals surface area contributed by atoms with Gasteiger partial charge in [0, 0.05) is 5.56 Å². The van der Waals surface area contributed by atoms with Gasteiger partial charge in [0.05, 0.1) is 11.1 Å². The van der Waals surface area contributed by atoms with Crippen molar-refractivity contribution in [1.29, 1.82) is 0 Å². The molecule has 0 saturated heterocycles. The van der Waals surface area contributed by atoms with Gasteiger partial charge < -0.3 is 10.2 Å². The molecule has 1 rings (SSSR count). The molecule has 0 aromatic heterocycles. The van der Waals surface area contributed by atoms with Crippen molar-refractivity contribution in [1.82, 2.24) is 0 Å². The number of aliphatic hydroxyl groups excluding tert-OH is 1. The number of benzene rings is 1. The van der Waals surface area contributed by atoms with Crippen LogP contribution < -0.4 is 0 Å². The lowest BCUT2D eigenvalue weighted by Gasteiger charge is -2.08. The van der Waals surface area contributed by atoms with Crippen LogP contribution in [0.5, 0.6) is 0 Å². The van der Waals surface area contributed by atoms with E-state index in [1.165, 1.54) is 0 Å². The Morgan fingerprint density at radius 1 is 1.35 bits per heavy atom. The van der Waals surface area contributed by atoms with E-state index in [4.69, 9.17) is 10.2 Å². The molecule has 90 valence electrons. The highest BCUT2D eigenvalue weighted by Gasteiger charge is 2.31. The van der Waals surface area contributed by atoms with Gasteiger partial charge in [0.25, 0.3) is 0 Å². The van der Waals surface area contributed by atoms with Gasteiger partial charge in [-0.15, -0.1) is 0 Å². The summed E-state index contributed by atoms with van der Waals surface area (Å²) >= 11 is 0. The van der Waals surface area contributed by atoms with Crippen LogP contribution in [0.3, 0.4) is 0 Å². The quantitative estimate of drug-likeness (QED) is 0.740. The molecule has 0 aliphatic carbocycles. The molecule has 0 amide bonds. The lowest BCUT2D eigenvalue weighted by atomic mass is 10.0. The highest BCUT2D eigenvalue weighted by Crippen LogP contribution is 2.30. The third kappa shape index (κ3) is 3.23. The summed E-state index contributed by atoms with van der Waals surface area (Å²) in [6.07, 6.45) is -4.60. The summed E-state index contributed by atoms with van der Waals surface area (Å²) in [4.78, 5) is 10.8. The van der Waals surface area contributed by atoms with Crippen molar-refractivity contribution < 1.29 is 28.2 Å². The second-order valence-corrected chi connectivity index (χ2v) is 3.02.